The van der Waals surface area contributed by atoms with Crippen molar-refractivity contribution in [1.29, 1.82) is 0 Å². The van der Waals surface area contributed by atoms with Crippen LogP contribution >= 0.6 is 0 Å². The second kappa shape index (κ2) is 2.47. The van der Waals surface area contributed by atoms with E-state index in [4.69, 9.17) is 5.11 Å². The Labute approximate surface area is 77.5 Å². The number of hydrogen-bond donors (Lipinski definition) is 1. The number of carbonyl (C=O) groups is 2. The van der Waals surface area contributed by atoms with E-state index < -0.39 is 16.8 Å². The summed E-state index contributed by atoms with van der Waals surface area (Å²) in [6.07, 6.45) is 0. The molecule has 1 heterocycles. The lowest BCUT2D eigenvalue weighted by molar-refractivity contribution is -0.155. The van der Waals surface area contributed by atoms with Crippen LogP contribution in [0.1, 0.15) is 20.8 Å². The minimum atomic E-state index is -0.973. The van der Waals surface area contributed by atoms with Crippen molar-refractivity contribution in [1.82, 2.24) is 4.90 Å². The molecule has 4 nitrogen and oxygen atoms in total. The number of carbonyl (C=O) groups excluding carboxylic acids is 1. The van der Waals surface area contributed by atoms with Crippen LogP contribution < -0.4 is 0 Å². The van der Waals surface area contributed by atoms with Crippen LogP contribution in [-0.2, 0) is 9.59 Å². The molecule has 1 N–H and O–H groups in total. The van der Waals surface area contributed by atoms with Gasteiger partial charge in [0.1, 0.15) is 0 Å². The van der Waals surface area contributed by atoms with Gasteiger partial charge in [0.05, 0.1) is 10.8 Å². The van der Waals surface area contributed by atoms with Gasteiger partial charge in [-0.3, -0.25) is 9.59 Å². The molecule has 1 saturated heterocycles. The Morgan fingerprint density at radius 2 is 1.92 bits per heavy atom. The van der Waals surface area contributed by atoms with E-state index in [1.54, 1.807) is 27.8 Å². The maximum Gasteiger partial charge on any atom is 0.312 e. The van der Waals surface area contributed by atoms with E-state index in [1.807, 2.05) is 0 Å². The summed E-state index contributed by atoms with van der Waals surface area (Å²) < 4.78 is 0. The number of carboxylic acid groups (broad SMARTS) is 1. The number of nitrogens with zero attached hydrogens (tertiary/aromatic N) is 1. The average Bonchev–Trinajstić information content (AvgIpc) is 2.14. The molecule has 1 aliphatic rings. The first-order valence-electron chi connectivity index (χ1n) is 4.22. The van der Waals surface area contributed by atoms with Gasteiger partial charge in [-0.15, -0.1) is 0 Å². The molecule has 0 radical (unpaired) electrons. The molecule has 0 aromatic carbocycles. The Morgan fingerprint density at radius 3 is 2.08 bits per heavy atom. The van der Waals surface area contributed by atoms with Gasteiger partial charge in [0.25, 0.3) is 0 Å². The van der Waals surface area contributed by atoms with E-state index in [0.29, 0.717) is 0 Å². The highest BCUT2D eigenvalue weighted by molar-refractivity contribution is 5.93. The third kappa shape index (κ3) is 1.04. The fourth-order valence-electron chi connectivity index (χ4n) is 1.79. The van der Waals surface area contributed by atoms with Crippen molar-refractivity contribution in [2.24, 2.45) is 10.8 Å². The summed E-state index contributed by atoms with van der Waals surface area (Å²) >= 11 is 0. The highest BCUT2D eigenvalue weighted by atomic mass is 16.4. The van der Waals surface area contributed by atoms with Gasteiger partial charge in [-0.1, -0.05) is 0 Å². The zero-order valence-electron chi connectivity index (χ0n) is 8.42. The summed E-state index contributed by atoms with van der Waals surface area (Å²) in [7, 11) is 1.64. The van der Waals surface area contributed by atoms with Crippen LogP contribution in [0.2, 0.25) is 0 Å². The summed E-state index contributed by atoms with van der Waals surface area (Å²) in [5, 5.41) is 9.06. The number of likely N-dealkylation sites (tertiary alicyclic amines) is 1. The standard InChI is InChI=1S/C9H15NO3/c1-8(2)6(11)10(4)5-9(8,3)7(12)13/h5H2,1-4H3,(H,12,13). The third-order valence-corrected chi connectivity index (χ3v) is 3.29. The van der Waals surface area contributed by atoms with E-state index in [9.17, 15) is 9.59 Å². The van der Waals surface area contributed by atoms with Crippen molar-refractivity contribution in [2.45, 2.75) is 20.8 Å². The molecular formula is C9H15NO3. The lowest BCUT2D eigenvalue weighted by Crippen LogP contribution is -2.42. The summed E-state index contributed by atoms with van der Waals surface area (Å²) in [4.78, 5) is 24.1. The monoisotopic (exact) mass is 185 g/mol. The van der Waals surface area contributed by atoms with Crippen molar-refractivity contribution in [3.63, 3.8) is 0 Å². The van der Waals surface area contributed by atoms with E-state index in [0.717, 1.165) is 0 Å². The molecule has 0 bridgehead atoms. The quantitative estimate of drug-likeness (QED) is 0.650. The van der Waals surface area contributed by atoms with Crippen LogP contribution in [0.5, 0.6) is 0 Å². The van der Waals surface area contributed by atoms with Gasteiger partial charge in [0, 0.05) is 13.6 Å². The number of rotatable bonds is 1. The van der Waals surface area contributed by atoms with Gasteiger partial charge >= 0.3 is 5.97 Å². The lowest BCUT2D eigenvalue weighted by atomic mass is 9.69. The fraction of sp³-hybridized carbons (Fsp3) is 0.778. The Morgan fingerprint density at radius 1 is 1.46 bits per heavy atom. The van der Waals surface area contributed by atoms with Gasteiger partial charge in [-0.05, 0) is 20.8 Å². The van der Waals surface area contributed by atoms with E-state index in [2.05, 4.69) is 0 Å². The first-order chi connectivity index (χ1) is 5.73. The average molecular weight is 185 g/mol. The molecule has 74 valence electrons. The topological polar surface area (TPSA) is 57.6 Å². The van der Waals surface area contributed by atoms with Gasteiger partial charge < -0.3 is 10.0 Å². The predicted octanol–water partition coefficient (Wildman–Crippen LogP) is 0.575. The molecule has 1 aliphatic heterocycles. The van der Waals surface area contributed by atoms with Crippen LogP contribution in [0.25, 0.3) is 0 Å². The van der Waals surface area contributed by atoms with Crippen LogP contribution in [0.3, 0.4) is 0 Å². The van der Waals surface area contributed by atoms with E-state index in [-0.39, 0.29) is 12.5 Å². The minimum Gasteiger partial charge on any atom is -0.481 e. The number of carboxylic acids is 1. The smallest absolute Gasteiger partial charge is 0.312 e. The van der Waals surface area contributed by atoms with Gasteiger partial charge in [0.2, 0.25) is 5.91 Å². The van der Waals surface area contributed by atoms with Gasteiger partial charge in [-0.25, -0.2) is 0 Å². The normalized spacial score (nSPS) is 32.3. The Kier molecular flexibility index (Phi) is 1.90. The van der Waals surface area contributed by atoms with Gasteiger partial charge in [0.15, 0.2) is 0 Å². The molecule has 13 heavy (non-hydrogen) atoms. The second-order valence-electron chi connectivity index (χ2n) is 4.42. The minimum absolute atomic E-state index is 0.0996. The summed E-state index contributed by atoms with van der Waals surface area (Å²) in [6, 6.07) is 0. The molecule has 0 spiro atoms. The van der Waals surface area contributed by atoms with E-state index in [1.165, 1.54) is 4.90 Å². The summed E-state index contributed by atoms with van der Waals surface area (Å²) in [6.45, 7) is 5.28. The highest BCUT2D eigenvalue weighted by Crippen LogP contribution is 2.46. The fourth-order valence-corrected chi connectivity index (χ4v) is 1.79. The summed E-state index contributed by atoms with van der Waals surface area (Å²) in [5.74, 6) is -1.01. The van der Waals surface area contributed by atoms with Crippen molar-refractivity contribution < 1.29 is 14.7 Å². The molecule has 1 atom stereocenters. The molecule has 4 heteroatoms. The largest absolute Gasteiger partial charge is 0.481 e. The van der Waals surface area contributed by atoms with Crippen LogP contribution in [0, 0.1) is 10.8 Å². The SMILES string of the molecule is CN1CC(C)(C(=O)O)C(C)(C)C1=O. The molecule has 0 aliphatic carbocycles. The van der Waals surface area contributed by atoms with Crippen molar-refractivity contribution in [3.8, 4) is 0 Å². The maximum atomic E-state index is 11.6. The molecule has 1 amide bonds. The van der Waals surface area contributed by atoms with Gasteiger partial charge in [-0.2, -0.15) is 0 Å². The predicted molar refractivity (Wildman–Crippen MR) is 47.2 cm³/mol. The van der Waals surface area contributed by atoms with Crippen LogP contribution in [-0.4, -0.2) is 35.5 Å². The number of aliphatic carboxylic acids is 1. The van der Waals surface area contributed by atoms with Crippen LogP contribution in [0.4, 0.5) is 0 Å². The Balaban J connectivity index is 3.17. The zero-order valence-corrected chi connectivity index (χ0v) is 8.42. The van der Waals surface area contributed by atoms with Crippen molar-refractivity contribution >= 4 is 11.9 Å². The maximum absolute atomic E-state index is 11.6. The first-order valence-corrected chi connectivity index (χ1v) is 4.22. The molecule has 0 saturated carbocycles. The molecule has 1 fully saturated rings. The lowest BCUT2D eigenvalue weighted by Gasteiger charge is -2.30. The van der Waals surface area contributed by atoms with Crippen LogP contribution in [0.15, 0.2) is 0 Å². The molecule has 0 aromatic rings. The molecule has 1 unspecified atom stereocenters. The summed E-state index contributed by atoms with van der Waals surface area (Å²) in [5.41, 5.74) is -1.79. The highest BCUT2D eigenvalue weighted by Gasteiger charge is 2.58. The number of hydrogen-bond acceptors (Lipinski definition) is 2. The van der Waals surface area contributed by atoms with Crippen molar-refractivity contribution in [3.05, 3.63) is 0 Å². The van der Waals surface area contributed by atoms with Crippen molar-refractivity contribution in [2.75, 3.05) is 13.6 Å². The molecular weight excluding hydrogens is 170 g/mol. The molecule has 0 aromatic heterocycles. The molecule has 1 rings (SSSR count). The Bertz CT molecular complexity index is 272. The second-order valence-corrected chi connectivity index (χ2v) is 4.42. The first kappa shape index (κ1) is 10.0. The Hall–Kier alpha value is -1.06. The third-order valence-electron chi connectivity index (χ3n) is 3.29. The number of amides is 1. The van der Waals surface area contributed by atoms with E-state index >= 15 is 0 Å². The zero-order chi connectivity index (χ0) is 10.4.